The first kappa shape index (κ1) is 30.7. The lowest BCUT2D eigenvalue weighted by molar-refractivity contribution is -0.123. The number of imide groups is 1. The van der Waals surface area contributed by atoms with Crippen LogP contribution in [0.25, 0.3) is 0 Å². The van der Waals surface area contributed by atoms with Crippen molar-refractivity contribution in [1.82, 2.24) is 4.98 Å². The van der Waals surface area contributed by atoms with Gasteiger partial charge in [0.15, 0.2) is 18.1 Å². The van der Waals surface area contributed by atoms with Gasteiger partial charge < -0.3 is 19.8 Å². The molecule has 4 unspecified atom stereocenters. The summed E-state index contributed by atoms with van der Waals surface area (Å²) in [5, 5.41) is 4.24. The van der Waals surface area contributed by atoms with Crippen LogP contribution in [0.15, 0.2) is 81.0 Å². The third-order valence-electron chi connectivity index (χ3n) is 9.84. The van der Waals surface area contributed by atoms with E-state index < -0.39 is 5.92 Å². The maximum absolute atomic E-state index is 14.0. The Hall–Kier alpha value is -3.58. The lowest BCUT2D eigenvalue weighted by atomic mass is 9.68. The van der Waals surface area contributed by atoms with Crippen LogP contribution in [0.1, 0.15) is 22.8 Å². The van der Waals surface area contributed by atoms with Gasteiger partial charge in [0.1, 0.15) is 0 Å². The number of fused-ring (bicyclic) bond motifs is 9. The molecule has 2 aliphatic carbocycles. The van der Waals surface area contributed by atoms with E-state index in [1.165, 1.54) is 16.2 Å². The minimum Gasteiger partial charge on any atom is -0.493 e. The van der Waals surface area contributed by atoms with Crippen molar-refractivity contribution in [2.75, 3.05) is 23.9 Å². The number of thiazole rings is 1. The topological polar surface area (TPSA) is 118 Å². The first-order chi connectivity index (χ1) is 22.7. The summed E-state index contributed by atoms with van der Waals surface area (Å²) in [4.78, 5) is 58.3. The van der Waals surface area contributed by atoms with Gasteiger partial charge in [0.25, 0.3) is 5.91 Å². The van der Waals surface area contributed by atoms with Crippen LogP contribution in [0, 0.1) is 29.6 Å². The highest BCUT2D eigenvalue weighted by Crippen LogP contribution is 2.68. The summed E-state index contributed by atoms with van der Waals surface area (Å²) in [6, 6.07) is 19.7. The second kappa shape index (κ2) is 11.8. The zero-order valence-electron chi connectivity index (χ0n) is 24.8. The van der Waals surface area contributed by atoms with Crippen LogP contribution in [0.3, 0.4) is 0 Å². The van der Waals surface area contributed by atoms with E-state index in [1.807, 2.05) is 24.3 Å². The van der Waals surface area contributed by atoms with Crippen LogP contribution in [-0.2, 0) is 14.4 Å². The number of ether oxygens (including phenoxy) is 2. The fraction of sp³-hybridized carbons (Fsp3) is 0.294. The van der Waals surface area contributed by atoms with E-state index in [1.54, 1.807) is 61.3 Å². The van der Waals surface area contributed by atoms with Crippen LogP contribution in [0.2, 0.25) is 5.02 Å². The van der Waals surface area contributed by atoms with E-state index in [-0.39, 0.29) is 64.0 Å². The standard InChI is InChI=1S/C34H27BrClN3O6S2/c1-44-23-12-15(2-11-22(23)45-14-24(40)37-18-7-5-17(36)6-8-18)25-26-20-13-21(29(26)46-31-30(25)47-34(43)38-31)28-27(20)32(41)39(33(28)42)19-9-3-16(35)4-10-19/h2-12,20-21,25-29H,13-14H2,1H3,(H,37,40)(H,38,43)/t20-,21-,25-,26?,27?,28?,29?/m1/s1. The second-order valence-electron chi connectivity index (χ2n) is 12.2. The normalized spacial score (nSPS) is 27.0. The zero-order chi connectivity index (χ0) is 32.6. The Balaban J connectivity index is 1.09. The first-order valence-electron chi connectivity index (χ1n) is 15.1. The molecule has 47 heavy (non-hydrogen) atoms. The van der Waals surface area contributed by atoms with Crippen LogP contribution < -0.4 is 24.6 Å². The van der Waals surface area contributed by atoms with Crippen molar-refractivity contribution in [3.8, 4) is 11.5 Å². The van der Waals surface area contributed by atoms with E-state index in [9.17, 15) is 19.2 Å². The Morgan fingerprint density at radius 3 is 2.45 bits per heavy atom. The molecule has 3 heterocycles. The van der Waals surface area contributed by atoms with E-state index in [0.29, 0.717) is 27.9 Å². The van der Waals surface area contributed by atoms with Crippen LogP contribution in [-0.4, -0.2) is 41.7 Å². The Morgan fingerprint density at radius 1 is 1.00 bits per heavy atom. The number of hydrogen-bond donors (Lipinski definition) is 2. The van der Waals surface area contributed by atoms with Crippen molar-refractivity contribution in [2.24, 2.45) is 29.6 Å². The number of methoxy groups -OCH3 is 1. The SMILES string of the molecule is COc1cc([C@H]2c3sc(=O)[nH]c3SC3C2[C@H]2C[C@@H]3C3C(=O)N(c4ccc(Br)cc4)C(=O)C32)ccc1OCC(=O)Nc1ccc(Cl)cc1. The molecule has 2 N–H and O–H groups in total. The maximum Gasteiger partial charge on any atom is 0.305 e. The van der Waals surface area contributed by atoms with Crippen LogP contribution in [0.4, 0.5) is 11.4 Å². The number of hydrogen-bond acceptors (Lipinski definition) is 8. The number of anilines is 2. The Labute approximate surface area is 291 Å². The number of aromatic nitrogens is 1. The Morgan fingerprint density at radius 2 is 1.72 bits per heavy atom. The van der Waals surface area contributed by atoms with Crippen LogP contribution >= 0.6 is 50.6 Å². The largest absolute Gasteiger partial charge is 0.493 e. The summed E-state index contributed by atoms with van der Waals surface area (Å²) in [7, 11) is 1.54. The fourth-order valence-electron chi connectivity index (χ4n) is 8.11. The average molecular weight is 753 g/mol. The number of halogens is 2. The molecule has 2 saturated carbocycles. The van der Waals surface area contributed by atoms with Gasteiger partial charge in [0.2, 0.25) is 11.8 Å². The Bertz CT molecular complexity index is 1980. The predicted molar refractivity (Wildman–Crippen MR) is 184 cm³/mol. The summed E-state index contributed by atoms with van der Waals surface area (Å²) in [5.74, 6) is -0.670. The molecular formula is C34H27BrClN3O6S2. The van der Waals surface area contributed by atoms with Gasteiger partial charge in [0, 0.05) is 31.2 Å². The number of nitrogens with zero attached hydrogens (tertiary/aromatic N) is 1. The minimum atomic E-state index is -0.402. The number of H-pyrrole nitrogens is 1. The van der Waals surface area contributed by atoms with E-state index in [2.05, 4.69) is 26.2 Å². The van der Waals surface area contributed by atoms with Crippen molar-refractivity contribution in [1.29, 1.82) is 0 Å². The van der Waals surface area contributed by atoms with Crippen molar-refractivity contribution in [2.45, 2.75) is 22.6 Å². The maximum atomic E-state index is 14.0. The third kappa shape index (κ3) is 5.11. The molecular weight excluding hydrogens is 726 g/mol. The van der Waals surface area contributed by atoms with Gasteiger partial charge in [-0.05, 0) is 90.4 Å². The number of amides is 3. The summed E-state index contributed by atoms with van der Waals surface area (Å²) < 4.78 is 12.5. The van der Waals surface area contributed by atoms with Gasteiger partial charge in [-0.1, -0.05) is 44.9 Å². The number of nitrogens with one attached hydrogen (secondary N) is 2. The highest BCUT2D eigenvalue weighted by molar-refractivity contribution is 9.10. The number of carbonyl (C=O) groups is 3. The molecule has 8 rings (SSSR count). The molecule has 0 radical (unpaired) electrons. The summed E-state index contributed by atoms with van der Waals surface area (Å²) >= 11 is 12.2. The summed E-state index contributed by atoms with van der Waals surface area (Å²) in [6.45, 7) is -0.232. The number of aromatic amines is 1. The lowest BCUT2D eigenvalue weighted by Gasteiger charge is -2.43. The van der Waals surface area contributed by atoms with Crippen molar-refractivity contribution >= 4 is 79.7 Å². The third-order valence-corrected chi connectivity index (χ3v) is 13.2. The molecule has 2 bridgehead atoms. The second-order valence-corrected chi connectivity index (χ2v) is 15.8. The molecule has 4 aliphatic rings. The molecule has 7 atom stereocenters. The highest BCUT2D eigenvalue weighted by atomic mass is 79.9. The molecule has 2 aliphatic heterocycles. The molecule has 9 nitrogen and oxygen atoms in total. The van der Waals surface area contributed by atoms with Crippen molar-refractivity contribution in [3.05, 3.63) is 96.3 Å². The quantitative estimate of drug-likeness (QED) is 0.206. The molecule has 4 aromatic rings. The molecule has 1 aromatic heterocycles. The zero-order valence-corrected chi connectivity index (χ0v) is 28.8. The van der Waals surface area contributed by atoms with Crippen LogP contribution in [0.5, 0.6) is 11.5 Å². The number of carbonyl (C=O) groups excluding carboxylic acids is 3. The summed E-state index contributed by atoms with van der Waals surface area (Å²) in [6.07, 6.45) is 0.792. The molecule has 3 fully saturated rings. The van der Waals surface area contributed by atoms with Gasteiger partial charge in [0.05, 0.1) is 29.7 Å². The summed E-state index contributed by atoms with van der Waals surface area (Å²) in [5.41, 5.74) is 2.12. The van der Waals surface area contributed by atoms with E-state index >= 15 is 0 Å². The molecule has 3 amide bonds. The molecule has 240 valence electrons. The van der Waals surface area contributed by atoms with E-state index in [4.69, 9.17) is 21.1 Å². The molecule has 0 spiro atoms. The smallest absolute Gasteiger partial charge is 0.305 e. The number of thioether (sulfide) groups is 1. The van der Waals surface area contributed by atoms with Gasteiger partial charge >= 0.3 is 4.87 Å². The van der Waals surface area contributed by atoms with Gasteiger partial charge in [-0.15, -0.1) is 11.8 Å². The predicted octanol–water partition coefficient (Wildman–Crippen LogP) is 6.56. The van der Waals surface area contributed by atoms with Gasteiger partial charge in [-0.25, -0.2) is 0 Å². The van der Waals surface area contributed by atoms with Gasteiger partial charge in [-0.2, -0.15) is 0 Å². The molecule has 1 saturated heterocycles. The monoisotopic (exact) mass is 751 g/mol. The highest BCUT2D eigenvalue weighted by Gasteiger charge is 2.69. The minimum absolute atomic E-state index is 0.0135. The van der Waals surface area contributed by atoms with Crippen molar-refractivity contribution in [3.63, 3.8) is 0 Å². The number of rotatable bonds is 7. The van der Waals surface area contributed by atoms with Crippen molar-refractivity contribution < 1.29 is 23.9 Å². The molecule has 13 heteroatoms. The molecule has 3 aromatic carbocycles. The Kier molecular flexibility index (Phi) is 7.74. The fourth-order valence-corrected chi connectivity index (χ4v) is 11.4. The lowest BCUT2D eigenvalue weighted by Crippen LogP contribution is -2.42. The first-order valence-corrected chi connectivity index (χ1v) is 18.0. The van der Waals surface area contributed by atoms with Gasteiger partial charge in [-0.3, -0.25) is 24.1 Å². The number of benzene rings is 3. The van der Waals surface area contributed by atoms with E-state index in [0.717, 1.165) is 26.4 Å². The average Bonchev–Trinajstić information content (AvgIpc) is 3.80.